The van der Waals surface area contributed by atoms with E-state index < -0.39 is 0 Å². The van der Waals surface area contributed by atoms with E-state index in [9.17, 15) is 4.79 Å². The maximum atomic E-state index is 12.8. The summed E-state index contributed by atoms with van der Waals surface area (Å²) >= 11 is 3.25. The molecule has 2 aromatic rings. The minimum atomic E-state index is 0.0890. The van der Waals surface area contributed by atoms with Gasteiger partial charge in [-0.05, 0) is 39.7 Å². The van der Waals surface area contributed by atoms with E-state index in [0.717, 1.165) is 39.7 Å². The Balaban J connectivity index is 2.48. The number of thiophene rings is 1. The van der Waals surface area contributed by atoms with E-state index in [0.29, 0.717) is 0 Å². The van der Waals surface area contributed by atoms with Gasteiger partial charge in [0.15, 0.2) is 5.16 Å². The summed E-state index contributed by atoms with van der Waals surface area (Å²) in [6.07, 6.45) is 0.954. The Kier molecular flexibility index (Phi) is 5.46. The van der Waals surface area contributed by atoms with Crippen molar-refractivity contribution >= 4 is 33.3 Å². The number of hydrogen-bond acceptors (Lipinski definition) is 5. The molecule has 0 amide bonds. The van der Waals surface area contributed by atoms with Gasteiger partial charge in [-0.1, -0.05) is 11.8 Å². The van der Waals surface area contributed by atoms with E-state index in [-0.39, 0.29) is 11.6 Å². The van der Waals surface area contributed by atoms with Crippen molar-refractivity contribution < 1.29 is 4.74 Å². The maximum absolute atomic E-state index is 12.8. The monoisotopic (exact) mass is 326 g/mol. The van der Waals surface area contributed by atoms with Crippen molar-refractivity contribution in [1.82, 2.24) is 9.55 Å². The van der Waals surface area contributed by atoms with E-state index in [2.05, 4.69) is 0 Å². The van der Waals surface area contributed by atoms with Gasteiger partial charge in [0.05, 0.1) is 5.39 Å². The van der Waals surface area contributed by atoms with Gasteiger partial charge in [-0.3, -0.25) is 9.36 Å². The molecular formula is C15H22N2O2S2. The number of rotatable bonds is 6. The summed E-state index contributed by atoms with van der Waals surface area (Å²) < 4.78 is 6.89. The Morgan fingerprint density at radius 2 is 2.10 bits per heavy atom. The van der Waals surface area contributed by atoms with Crippen molar-refractivity contribution in [2.75, 3.05) is 19.5 Å². The normalized spacial score (nSPS) is 11.7. The lowest BCUT2D eigenvalue weighted by atomic mass is 10.2. The summed E-state index contributed by atoms with van der Waals surface area (Å²) in [6.45, 7) is 8.85. The lowest BCUT2D eigenvalue weighted by molar-refractivity contribution is 0.200. The van der Waals surface area contributed by atoms with Crippen LogP contribution in [0.2, 0.25) is 0 Å². The molecule has 0 fully saturated rings. The van der Waals surface area contributed by atoms with Crippen molar-refractivity contribution in [3.8, 4) is 0 Å². The van der Waals surface area contributed by atoms with Gasteiger partial charge in [-0.25, -0.2) is 4.98 Å². The SMILES string of the molecule is COCCCSc1nc2sc(C)c(C)c2c(=O)n1C(C)C. The molecule has 0 aromatic carbocycles. The number of ether oxygens (including phenoxy) is 1. The Labute approximate surface area is 133 Å². The van der Waals surface area contributed by atoms with Crippen LogP contribution in [0, 0.1) is 13.8 Å². The molecular weight excluding hydrogens is 304 g/mol. The number of fused-ring (bicyclic) bond motifs is 1. The molecule has 21 heavy (non-hydrogen) atoms. The van der Waals surface area contributed by atoms with Crippen LogP contribution < -0.4 is 5.56 Å². The van der Waals surface area contributed by atoms with Gasteiger partial charge in [0.1, 0.15) is 4.83 Å². The van der Waals surface area contributed by atoms with Gasteiger partial charge < -0.3 is 4.74 Å². The third-order valence-electron chi connectivity index (χ3n) is 3.44. The molecule has 0 saturated carbocycles. The number of aromatic nitrogens is 2. The van der Waals surface area contributed by atoms with E-state index in [1.165, 1.54) is 4.88 Å². The van der Waals surface area contributed by atoms with Crippen LogP contribution in [-0.4, -0.2) is 29.0 Å². The first kappa shape index (κ1) is 16.5. The average molecular weight is 326 g/mol. The number of methoxy groups -OCH3 is 1. The summed E-state index contributed by atoms with van der Waals surface area (Å²) in [7, 11) is 1.70. The van der Waals surface area contributed by atoms with Gasteiger partial charge in [0.2, 0.25) is 0 Å². The molecule has 2 rings (SSSR count). The average Bonchev–Trinajstić information content (AvgIpc) is 2.70. The molecule has 116 valence electrons. The van der Waals surface area contributed by atoms with Crippen molar-refractivity contribution in [1.29, 1.82) is 0 Å². The number of thioether (sulfide) groups is 1. The van der Waals surface area contributed by atoms with Crippen LogP contribution in [0.15, 0.2) is 9.95 Å². The summed E-state index contributed by atoms with van der Waals surface area (Å²) in [5, 5.41) is 1.60. The summed E-state index contributed by atoms with van der Waals surface area (Å²) in [5.41, 5.74) is 1.16. The molecule has 0 bridgehead atoms. The standard InChI is InChI=1S/C15H22N2O2S2/c1-9(2)17-14(18)12-10(3)11(4)21-13(12)16-15(17)20-8-6-7-19-5/h9H,6-8H2,1-5H3. The molecule has 2 heterocycles. The van der Waals surface area contributed by atoms with Crippen LogP contribution in [0.5, 0.6) is 0 Å². The molecule has 0 aliphatic heterocycles. The van der Waals surface area contributed by atoms with Crippen LogP contribution in [0.4, 0.5) is 0 Å². The highest BCUT2D eigenvalue weighted by molar-refractivity contribution is 7.99. The Hall–Kier alpha value is -0.850. The minimum absolute atomic E-state index is 0.0890. The molecule has 4 nitrogen and oxygen atoms in total. The first-order valence-corrected chi connectivity index (χ1v) is 8.91. The molecule has 0 saturated heterocycles. The second-order valence-electron chi connectivity index (χ2n) is 5.32. The maximum Gasteiger partial charge on any atom is 0.263 e. The molecule has 0 spiro atoms. The molecule has 0 unspecified atom stereocenters. The van der Waals surface area contributed by atoms with Crippen molar-refractivity contribution in [2.24, 2.45) is 0 Å². The fourth-order valence-electron chi connectivity index (χ4n) is 2.21. The second-order valence-corrected chi connectivity index (χ2v) is 7.59. The number of hydrogen-bond donors (Lipinski definition) is 0. The fourth-order valence-corrected chi connectivity index (χ4v) is 4.32. The highest BCUT2D eigenvalue weighted by Crippen LogP contribution is 2.29. The predicted octanol–water partition coefficient (Wildman–Crippen LogP) is 3.78. The highest BCUT2D eigenvalue weighted by Gasteiger charge is 2.18. The van der Waals surface area contributed by atoms with E-state index in [1.807, 2.05) is 32.3 Å². The van der Waals surface area contributed by atoms with Crippen molar-refractivity contribution in [3.63, 3.8) is 0 Å². The smallest absolute Gasteiger partial charge is 0.263 e. The summed E-state index contributed by atoms with van der Waals surface area (Å²) in [5.74, 6) is 0.905. The van der Waals surface area contributed by atoms with E-state index >= 15 is 0 Å². The quantitative estimate of drug-likeness (QED) is 0.460. The molecule has 0 radical (unpaired) electrons. The zero-order chi connectivity index (χ0) is 15.6. The molecule has 0 N–H and O–H groups in total. The predicted molar refractivity (Wildman–Crippen MR) is 91.0 cm³/mol. The van der Waals surface area contributed by atoms with Crippen LogP contribution in [0.25, 0.3) is 10.2 Å². The zero-order valence-corrected chi connectivity index (χ0v) is 14.9. The van der Waals surface area contributed by atoms with Gasteiger partial charge in [-0.15, -0.1) is 11.3 Å². The fraction of sp³-hybridized carbons (Fsp3) is 0.600. The van der Waals surface area contributed by atoms with Crippen LogP contribution in [-0.2, 0) is 4.74 Å². The van der Waals surface area contributed by atoms with Gasteiger partial charge in [0, 0.05) is 30.4 Å². The summed E-state index contributed by atoms with van der Waals surface area (Å²) in [4.78, 5) is 19.6. The van der Waals surface area contributed by atoms with Gasteiger partial charge in [-0.2, -0.15) is 0 Å². The first-order chi connectivity index (χ1) is 9.97. The van der Waals surface area contributed by atoms with Gasteiger partial charge >= 0.3 is 0 Å². The number of nitrogens with zero attached hydrogens (tertiary/aromatic N) is 2. The van der Waals surface area contributed by atoms with Crippen LogP contribution >= 0.6 is 23.1 Å². The lowest BCUT2D eigenvalue weighted by Gasteiger charge is -2.15. The Morgan fingerprint density at radius 1 is 1.38 bits per heavy atom. The Morgan fingerprint density at radius 3 is 2.71 bits per heavy atom. The first-order valence-electron chi connectivity index (χ1n) is 7.11. The second kappa shape index (κ2) is 6.94. The lowest BCUT2D eigenvalue weighted by Crippen LogP contribution is -2.25. The third kappa shape index (κ3) is 3.33. The number of aryl methyl sites for hydroxylation is 2. The van der Waals surface area contributed by atoms with Crippen molar-refractivity contribution in [2.45, 2.75) is 45.3 Å². The van der Waals surface area contributed by atoms with Crippen LogP contribution in [0.1, 0.15) is 36.8 Å². The molecule has 2 aromatic heterocycles. The largest absolute Gasteiger partial charge is 0.385 e. The van der Waals surface area contributed by atoms with E-state index in [4.69, 9.17) is 9.72 Å². The van der Waals surface area contributed by atoms with Crippen LogP contribution in [0.3, 0.4) is 0 Å². The molecule has 0 atom stereocenters. The van der Waals surface area contributed by atoms with Crippen molar-refractivity contribution in [3.05, 3.63) is 20.8 Å². The zero-order valence-electron chi connectivity index (χ0n) is 13.2. The highest BCUT2D eigenvalue weighted by atomic mass is 32.2. The van der Waals surface area contributed by atoms with Gasteiger partial charge in [0.25, 0.3) is 5.56 Å². The Bertz CT molecular complexity index is 689. The molecule has 0 aliphatic carbocycles. The van der Waals surface area contributed by atoms with E-state index in [1.54, 1.807) is 30.2 Å². The molecule has 0 aliphatic rings. The third-order valence-corrected chi connectivity index (χ3v) is 5.58. The molecule has 6 heteroatoms. The minimum Gasteiger partial charge on any atom is -0.385 e. The summed E-state index contributed by atoms with van der Waals surface area (Å²) in [6, 6.07) is 0.110. The topological polar surface area (TPSA) is 44.1 Å².